The summed E-state index contributed by atoms with van der Waals surface area (Å²) in [4.78, 5) is 1.50. The molecule has 0 aromatic heterocycles. The van der Waals surface area contributed by atoms with Crippen molar-refractivity contribution in [3.63, 3.8) is 0 Å². The van der Waals surface area contributed by atoms with Crippen LogP contribution in [0, 0.1) is 5.92 Å². The monoisotopic (exact) mass is 247 g/mol. The molecule has 1 aliphatic carbocycles. The highest BCUT2D eigenvalue weighted by molar-refractivity contribution is 7.99. The van der Waals surface area contributed by atoms with Crippen LogP contribution in [-0.2, 0) is 0 Å². The Kier molecular flexibility index (Phi) is 3.44. The molecule has 0 spiro atoms. The maximum Gasteiger partial charge on any atom is 0.0107 e. The molecule has 1 aromatic carbocycles. The zero-order valence-corrected chi connectivity index (χ0v) is 11.1. The van der Waals surface area contributed by atoms with Crippen molar-refractivity contribution in [1.29, 1.82) is 0 Å². The molecule has 1 saturated carbocycles. The smallest absolute Gasteiger partial charge is 0.0107 e. The van der Waals surface area contributed by atoms with E-state index < -0.39 is 0 Å². The van der Waals surface area contributed by atoms with Crippen molar-refractivity contribution in [2.75, 3.05) is 5.75 Å². The minimum absolute atomic E-state index is 0.485. The van der Waals surface area contributed by atoms with Gasteiger partial charge >= 0.3 is 0 Å². The second kappa shape index (κ2) is 5.03. The van der Waals surface area contributed by atoms with E-state index in [1.807, 2.05) is 11.8 Å². The highest BCUT2D eigenvalue weighted by Crippen LogP contribution is 2.42. The molecule has 2 N–H and O–H groups in total. The van der Waals surface area contributed by atoms with Crippen molar-refractivity contribution < 1.29 is 0 Å². The fourth-order valence-corrected chi connectivity index (χ4v) is 4.13. The quantitative estimate of drug-likeness (QED) is 0.857. The molecular weight excluding hydrogens is 226 g/mol. The topological polar surface area (TPSA) is 26.0 Å². The number of hydrogen-bond donors (Lipinski definition) is 1. The van der Waals surface area contributed by atoms with E-state index in [1.54, 1.807) is 5.56 Å². The summed E-state index contributed by atoms with van der Waals surface area (Å²) in [6.07, 6.45) is 6.61. The van der Waals surface area contributed by atoms with Gasteiger partial charge in [-0.25, -0.2) is 0 Å². The summed E-state index contributed by atoms with van der Waals surface area (Å²) in [7, 11) is 0. The molecule has 1 aromatic rings. The summed E-state index contributed by atoms with van der Waals surface area (Å²) in [5.41, 5.74) is 7.73. The number of nitrogens with two attached hydrogens (primary N) is 1. The highest BCUT2D eigenvalue weighted by Gasteiger charge is 2.28. The van der Waals surface area contributed by atoms with E-state index in [0.717, 1.165) is 11.8 Å². The van der Waals surface area contributed by atoms with Gasteiger partial charge in [0.2, 0.25) is 0 Å². The van der Waals surface area contributed by atoms with Crippen LogP contribution in [-0.4, -0.2) is 11.8 Å². The Bertz CT molecular complexity index is 386. The van der Waals surface area contributed by atoms with Gasteiger partial charge in [0.1, 0.15) is 0 Å². The first-order valence-corrected chi connectivity index (χ1v) is 7.80. The van der Waals surface area contributed by atoms with E-state index in [9.17, 15) is 0 Å². The third-order valence-corrected chi connectivity index (χ3v) is 5.37. The van der Waals surface area contributed by atoms with Gasteiger partial charge in [-0.1, -0.05) is 24.6 Å². The molecule has 92 valence electrons. The molecule has 2 heteroatoms. The van der Waals surface area contributed by atoms with Crippen molar-refractivity contribution in [2.24, 2.45) is 11.7 Å². The van der Waals surface area contributed by atoms with Crippen molar-refractivity contribution >= 4 is 11.8 Å². The molecule has 1 heterocycles. The lowest BCUT2D eigenvalue weighted by Crippen LogP contribution is -2.22. The molecule has 17 heavy (non-hydrogen) atoms. The Morgan fingerprint density at radius 3 is 2.94 bits per heavy atom. The lowest BCUT2D eigenvalue weighted by Gasteiger charge is -2.13. The van der Waals surface area contributed by atoms with Crippen LogP contribution in [0.4, 0.5) is 0 Å². The van der Waals surface area contributed by atoms with Crippen LogP contribution in [0.5, 0.6) is 0 Å². The molecule has 1 aliphatic heterocycles. The molecule has 2 unspecified atom stereocenters. The maximum atomic E-state index is 6.15. The standard InChI is InChI=1S/C15H21NS/c16-14(11-8-9-11)6-3-4-12-10-17-15-7-2-1-5-13(12)15/h1-2,5,7,11-12,14H,3-4,6,8-10,16H2. The molecule has 1 fully saturated rings. The molecular formula is C15H21NS. The van der Waals surface area contributed by atoms with E-state index in [0.29, 0.717) is 6.04 Å². The van der Waals surface area contributed by atoms with Gasteiger partial charge in [0.05, 0.1) is 0 Å². The van der Waals surface area contributed by atoms with Crippen molar-refractivity contribution in [3.8, 4) is 0 Å². The van der Waals surface area contributed by atoms with Crippen LogP contribution in [0.25, 0.3) is 0 Å². The molecule has 2 aliphatic rings. The highest BCUT2D eigenvalue weighted by atomic mass is 32.2. The first kappa shape index (κ1) is 11.6. The van der Waals surface area contributed by atoms with Gasteiger partial charge in [-0.05, 0) is 49.1 Å². The summed E-state index contributed by atoms with van der Waals surface area (Å²) < 4.78 is 0. The van der Waals surface area contributed by atoms with Gasteiger partial charge < -0.3 is 5.73 Å². The Morgan fingerprint density at radius 2 is 2.12 bits per heavy atom. The number of thioether (sulfide) groups is 1. The third-order valence-electron chi connectivity index (χ3n) is 4.12. The first-order chi connectivity index (χ1) is 8.34. The van der Waals surface area contributed by atoms with Crippen molar-refractivity contribution in [1.82, 2.24) is 0 Å². The van der Waals surface area contributed by atoms with Crippen LogP contribution in [0.3, 0.4) is 0 Å². The number of fused-ring (bicyclic) bond motifs is 1. The normalized spacial score (nSPS) is 24.6. The van der Waals surface area contributed by atoms with Gasteiger partial charge in [-0.15, -0.1) is 11.8 Å². The van der Waals surface area contributed by atoms with Gasteiger partial charge in [-0.2, -0.15) is 0 Å². The Balaban J connectivity index is 1.50. The summed E-state index contributed by atoms with van der Waals surface area (Å²) in [5, 5.41) is 0. The SMILES string of the molecule is NC(CCCC1CSc2ccccc21)C1CC1. The van der Waals surface area contributed by atoms with Crippen LogP contribution in [0.1, 0.15) is 43.6 Å². The van der Waals surface area contributed by atoms with Crippen LogP contribution >= 0.6 is 11.8 Å². The van der Waals surface area contributed by atoms with E-state index in [4.69, 9.17) is 5.73 Å². The molecule has 2 atom stereocenters. The van der Waals surface area contributed by atoms with Crippen LogP contribution in [0.2, 0.25) is 0 Å². The minimum Gasteiger partial charge on any atom is -0.327 e. The zero-order valence-electron chi connectivity index (χ0n) is 10.3. The predicted octanol–water partition coefficient (Wildman–Crippen LogP) is 3.78. The molecule has 0 radical (unpaired) electrons. The van der Waals surface area contributed by atoms with Crippen LogP contribution in [0.15, 0.2) is 29.2 Å². The largest absolute Gasteiger partial charge is 0.327 e. The first-order valence-electron chi connectivity index (χ1n) is 6.82. The maximum absolute atomic E-state index is 6.15. The molecule has 3 rings (SSSR count). The average Bonchev–Trinajstić information content (AvgIpc) is 3.12. The molecule has 1 nitrogen and oxygen atoms in total. The third kappa shape index (κ3) is 2.69. The van der Waals surface area contributed by atoms with E-state index in [1.165, 1.54) is 42.8 Å². The Morgan fingerprint density at radius 1 is 1.29 bits per heavy atom. The fourth-order valence-electron chi connectivity index (χ4n) is 2.83. The lowest BCUT2D eigenvalue weighted by molar-refractivity contribution is 0.500. The lowest BCUT2D eigenvalue weighted by atomic mass is 9.94. The van der Waals surface area contributed by atoms with Gasteiger partial charge in [0.15, 0.2) is 0 Å². The number of rotatable bonds is 5. The second-order valence-corrected chi connectivity index (χ2v) is 6.54. The number of benzene rings is 1. The summed E-state index contributed by atoms with van der Waals surface area (Å²) in [5.74, 6) is 2.92. The Hall–Kier alpha value is -0.470. The van der Waals surface area contributed by atoms with Crippen molar-refractivity contribution in [3.05, 3.63) is 29.8 Å². The van der Waals surface area contributed by atoms with Gasteiger partial charge in [0, 0.05) is 16.7 Å². The van der Waals surface area contributed by atoms with Gasteiger partial charge in [-0.3, -0.25) is 0 Å². The Labute approximate surface area is 108 Å². The van der Waals surface area contributed by atoms with Crippen molar-refractivity contribution in [2.45, 2.75) is 49.0 Å². The summed E-state index contributed by atoms with van der Waals surface area (Å²) >= 11 is 2.02. The minimum atomic E-state index is 0.485. The molecule has 0 saturated heterocycles. The zero-order chi connectivity index (χ0) is 11.7. The second-order valence-electron chi connectivity index (χ2n) is 5.48. The van der Waals surface area contributed by atoms with E-state index in [-0.39, 0.29) is 0 Å². The van der Waals surface area contributed by atoms with Gasteiger partial charge in [0.25, 0.3) is 0 Å². The van der Waals surface area contributed by atoms with E-state index in [2.05, 4.69) is 24.3 Å². The molecule has 0 bridgehead atoms. The molecule has 0 amide bonds. The average molecular weight is 247 g/mol. The predicted molar refractivity (Wildman–Crippen MR) is 74.5 cm³/mol. The fraction of sp³-hybridized carbons (Fsp3) is 0.600. The number of hydrogen-bond acceptors (Lipinski definition) is 2. The summed E-state index contributed by atoms with van der Waals surface area (Å²) in [6.45, 7) is 0. The van der Waals surface area contributed by atoms with E-state index >= 15 is 0 Å². The van der Waals surface area contributed by atoms with Crippen LogP contribution < -0.4 is 5.73 Å². The summed E-state index contributed by atoms with van der Waals surface area (Å²) in [6, 6.07) is 9.38.